The van der Waals surface area contributed by atoms with Crippen LogP contribution in [0.5, 0.6) is 0 Å². The van der Waals surface area contributed by atoms with Gasteiger partial charge in [-0.2, -0.15) is 4.31 Å². The van der Waals surface area contributed by atoms with E-state index in [1.807, 2.05) is 59.7 Å². The lowest BCUT2D eigenvalue weighted by atomic mass is 10.1. The minimum absolute atomic E-state index is 0.00273. The zero-order valence-electron chi connectivity index (χ0n) is 18.9. The molecule has 2 heterocycles. The number of carbonyl (C=O) groups is 1. The van der Waals surface area contributed by atoms with Crippen molar-refractivity contribution in [3.63, 3.8) is 0 Å². The number of benzene rings is 2. The fourth-order valence-corrected chi connectivity index (χ4v) is 5.88. The first-order valence-electron chi connectivity index (χ1n) is 11.0. The fraction of sp³-hybridized carbons (Fsp3) is 0.320. The maximum absolute atomic E-state index is 13.3. The zero-order valence-corrected chi connectivity index (χ0v) is 19.7. The molecule has 1 fully saturated rings. The highest BCUT2D eigenvalue weighted by Crippen LogP contribution is 2.22. The number of Topliss-reactive ketones (excluding diaryl/α,β-unsaturated/α-hetero) is 1. The molecule has 0 N–H and O–H groups in total. The summed E-state index contributed by atoms with van der Waals surface area (Å²) in [5, 5.41) is 0. The third-order valence-corrected chi connectivity index (χ3v) is 7.95. The minimum atomic E-state index is -3.39. The lowest BCUT2D eigenvalue weighted by Gasteiger charge is -2.33. The van der Waals surface area contributed by atoms with Crippen molar-refractivity contribution in [1.82, 2.24) is 13.8 Å². The van der Waals surface area contributed by atoms with Gasteiger partial charge in [0.15, 0.2) is 5.78 Å². The predicted molar refractivity (Wildman–Crippen MR) is 127 cm³/mol. The lowest BCUT2D eigenvalue weighted by molar-refractivity contribution is 0.0901. The van der Waals surface area contributed by atoms with Crippen molar-refractivity contribution < 1.29 is 17.6 Å². The maximum Gasteiger partial charge on any atom is 0.218 e. The first kappa shape index (κ1) is 23.4. The SMILES string of the molecule is Cc1cc(C(=O)CN2CCN(S(=O)(=O)Cc3ccccc3)CC2)c(C)n1-c1ccc(F)cc1. The number of piperazine rings is 1. The van der Waals surface area contributed by atoms with Gasteiger partial charge in [0.2, 0.25) is 10.0 Å². The Morgan fingerprint density at radius 1 is 0.939 bits per heavy atom. The highest BCUT2D eigenvalue weighted by atomic mass is 32.2. The van der Waals surface area contributed by atoms with Crippen LogP contribution in [0.25, 0.3) is 5.69 Å². The van der Waals surface area contributed by atoms with Gasteiger partial charge in [0.05, 0.1) is 12.3 Å². The predicted octanol–water partition coefficient (Wildman–Crippen LogP) is 3.56. The topological polar surface area (TPSA) is 62.6 Å². The van der Waals surface area contributed by atoms with Crippen molar-refractivity contribution in [2.45, 2.75) is 19.6 Å². The molecular weight excluding hydrogens is 441 g/mol. The van der Waals surface area contributed by atoms with Gasteiger partial charge in [0, 0.05) is 48.8 Å². The van der Waals surface area contributed by atoms with E-state index in [2.05, 4.69) is 0 Å². The molecule has 3 aromatic rings. The van der Waals surface area contributed by atoms with E-state index < -0.39 is 10.0 Å². The second-order valence-corrected chi connectivity index (χ2v) is 10.4. The van der Waals surface area contributed by atoms with Gasteiger partial charge in [0.1, 0.15) is 5.82 Å². The highest BCUT2D eigenvalue weighted by Gasteiger charge is 2.28. The largest absolute Gasteiger partial charge is 0.318 e. The van der Waals surface area contributed by atoms with Crippen LogP contribution in [0.15, 0.2) is 60.7 Å². The van der Waals surface area contributed by atoms with Crippen LogP contribution in [-0.4, -0.2) is 60.7 Å². The summed E-state index contributed by atoms with van der Waals surface area (Å²) in [5.41, 5.74) is 3.93. The van der Waals surface area contributed by atoms with Gasteiger partial charge >= 0.3 is 0 Å². The number of hydrogen-bond acceptors (Lipinski definition) is 4. The molecule has 1 aromatic heterocycles. The summed E-state index contributed by atoms with van der Waals surface area (Å²) < 4.78 is 42.3. The molecule has 1 saturated heterocycles. The molecule has 0 saturated carbocycles. The second-order valence-electron chi connectivity index (χ2n) is 8.44. The fourth-order valence-electron chi connectivity index (χ4n) is 4.36. The molecule has 1 aliphatic heterocycles. The Kier molecular flexibility index (Phi) is 6.78. The number of hydrogen-bond donors (Lipinski definition) is 0. The summed E-state index contributed by atoms with van der Waals surface area (Å²) >= 11 is 0. The molecule has 0 bridgehead atoms. The van der Waals surface area contributed by atoms with Crippen LogP contribution in [0.2, 0.25) is 0 Å². The molecule has 4 rings (SSSR count). The van der Waals surface area contributed by atoms with Gasteiger partial charge in [-0.1, -0.05) is 30.3 Å². The van der Waals surface area contributed by atoms with E-state index in [1.54, 1.807) is 12.1 Å². The number of aromatic nitrogens is 1. The van der Waals surface area contributed by atoms with Crippen molar-refractivity contribution >= 4 is 15.8 Å². The Bertz CT molecular complexity index is 1230. The Morgan fingerprint density at radius 3 is 2.21 bits per heavy atom. The van der Waals surface area contributed by atoms with Gasteiger partial charge in [-0.15, -0.1) is 0 Å². The molecule has 0 amide bonds. The Hall–Kier alpha value is -2.81. The number of aryl methyl sites for hydroxylation is 1. The van der Waals surface area contributed by atoms with E-state index in [-0.39, 0.29) is 23.9 Å². The van der Waals surface area contributed by atoms with Gasteiger partial charge in [0.25, 0.3) is 0 Å². The Labute approximate surface area is 194 Å². The van der Waals surface area contributed by atoms with Gasteiger partial charge in [-0.3, -0.25) is 9.69 Å². The van der Waals surface area contributed by atoms with Crippen LogP contribution in [0.1, 0.15) is 27.3 Å². The molecule has 0 radical (unpaired) electrons. The summed E-state index contributed by atoms with van der Waals surface area (Å²) in [4.78, 5) is 15.1. The van der Waals surface area contributed by atoms with Crippen molar-refractivity contribution in [3.05, 3.63) is 89.0 Å². The van der Waals surface area contributed by atoms with Crippen LogP contribution < -0.4 is 0 Å². The normalized spacial score (nSPS) is 15.6. The van der Waals surface area contributed by atoms with E-state index in [1.165, 1.54) is 16.4 Å². The molecule has 0 spiro atoms. The number of nitrogens with zero attached hydrogens (tertiary/aromatic N) is 3. The van der Waals surface area contributed by atoms with Gasteiger partial charge < -0.3 is 4.57 Å². The molecular formula is C25H28FN3O3S. The van der Waals surface area contributed by atoms with E-state index in [9.17, 15) is 17.6 Å². The van der Waals surface area contributed by atoms with Crippen molar-refractivity contribution in [3.8, 4) is 5.69 Å². The molecule has 1 aliphatic rings. The third-order valence-electron chi connectivity index (χ3n) is 6.10. The Morgan fingerprint density at radius 2 is 1.58 bits per heavy atom. The molecule has 174 valence electrons. The van der Waals surface area contributed by atoms with E-state index in [4.69, 9.17) is 0 Å². The first-order chi connectivity index (χ1) is 15.7. The summed E-state index contributed by atoms with van der Waals surface area (Å²) in [6.45, 7) is 5.81. The first-order valence-corrected chi connectivity index (χ1v) is 12.6. The standard InChI is InChI=1S/C25H28FN3O3S/c1-19-16-24(20(2)29(19)23-10-8-22(26)9-11-23)25(30)17-27-12-14-28(15-13-27)33(31,32)18-21-6-4-3-5-7-21/h3-11,16H,12-15,17-18H2,1-2H3. The zero-order chi connectivity index (χ0) is 23.6. The smallest absolute Gasteiger partial charge is 0.218 e. The lowest BCUT2D eigenvalue weighted by Crippen LogP contribution is -2.50. The number of carbonyl (C=O) groups excluding carboxylic acids is 1. The quantitative estimate of drug-likeness (QED) is 0.497. The molecule has 0 unspecified atom stereocenters. The van der Waals surface area contributed by atoms with E-state index in [0.29, 0.717) is 31.7 Å². The van der Waals surface area contributed by atoms with Crippen LogP contribution in [0.4, 0.5) is 4.39 Å². The van der Waals surface area contributed by atoms with Crippen LogP contribution >= 0.6 is 0 Å². The molecule has 33 heavy (non-hydrogen) atoms. The van der Waals surface area contributed by atoms with Crippen LogP contribution in [0, 0.1) is 19.7 Å². The molecule has 6 nitrogen and oxygen atoms in total. The van der Waals surface area contributed by atoms with E-state index >= 15 is 0 Å². The molecule has 0 atom stereocenters. The van der Waals surface area contributed by atoms with Crippen molar-refractivity contribution in [2.24, 2.45) is 0 Å². The summed E-state index contributed by atoms with van der Waals surface area (Å²) in [6.07, 6.45) is 0. The van der Waals surface area contributed by atoms with Gasteiger partial charge in [-0.25, -0.2) is 12.8 Å². The molecule has 0 aliphatic carbocycles. The Balaban J connectivity index is 1.39. The minimum Gasteiger partial charge on any atom is -0.318 e. The van der Waals surface area contributed by atoms with E-state index in [0.717, 1.165) is 22.6 Å². The third kappa shape index (κ3) is 5.24. The summed E-state index contributed by atoms with van der Waals surface area (Å²) in [5.74, 6) is -0.318. The number of sulfonamides is 1. The second kappa shape index (κ2) is 9.59. The van der Waals surface area contributed by atoms with Crippen LogP contribution in [0.3, 0.4) is 0 Å². The monoisotopic (exact) mass is 469 g/mol. The molecule has 8 heteroatoms. The highest BCUT2D eigenvalue weighted by molar-refractivity contribution is 7.88. The van der Waals surface area contributed by atoms with Crippen molar-refractivity contribution in [1.29, 1.82) is 0 Å². The average Bonchev–Trinajstić information content (AvgIpc) is 3.09. The molecule has 2 aromatic carbocycles. The number of halogens is 1. The van der Waals surface area contributed by atoms with Gasteiger partial charge in [-0.05, 0) is 49.7 Å². The van der Waals surface area contributed by atoms with Crippen LogP contribution in [-0.2, 0) is 15.8 Å². The average molecular weight is 470 g/mol. The summed E-state index contributed by atoms with van der Waals surface area (Å²) in [7, 11) is -3.39. The van der Waals surface area contributed by atoms with Crippen molar-refractivity contribution in [2.75, 3.05) is 32.7 Å². The maximum atomic E-state index is 13.3. The number of ketones is 1. The number of rotatable bonds is 7. The summed E-state index contributed by atoms with van der Waals surface area (Å²) in [6, 6.07) is 17.2.